The quantitative estimate of drug-likeness (QED) is 0.589. The fourth-order valence-corrected chi connectivity index (χ4v) is 0.215. The summed E-state index contributed by atoms with van der Waals surface area (Å²) in [4.78, 5) is 6.42. The second-order valence-corrected chi connectivity index (χ2v) is 0.761. The molecule has 2 nitrogen and oxygen atoms in total. The number of aromatic nitrogens is 2. The molecular formula is C3H6BrN2+. The Labute approximate surface area is 47.9 Å². The third-order valence-electron chi connectivity index (χ3n) is 0.406. The van der Waals surface area contributed by atoms with Crippen LogP contribution >= 0.6 is 17.0 Å². The highest BCUT2D eigenvalue weighted by Crippen LogP contribution is 1.62. The normalized spacial score (nSPS) is 6.67. The van der Waals surface area contributed by atoms with Crippen LogP contribution in [0.3, 0.4) is 0 Å². The lowest BCUT2D eigenvalue weighted by Crippen LogP contribution is -1.44. The zero-order valence-electron chi connectivity index (χ0n) is 4.09. The van der Waals surface area contributed by atoms with Crippen LogP contribution in [0.4, 0.5) is 0 Å². The smallest absolute Gasteiger partial charge is 0.351 e. The van der Waals surface area contributed by atoms with Crippen molar-refractivity contribution in [2.45, 2.75) is 0 Å². The maximum absolute atomic E-state index is 3.67. The lowest BCUT2D eigenvalue weighted by Gasteiger charge is -1.46. The molecule has 1 heterocycles. The molecule has 1 aromatic rings. The fraction of sp³-hybridized carbons (Fsp3) is 0. The summed E-state index contributed by atoms with van der Waals surface area (Å²) in [5, 5.41) is 0. The number of aromatic amines is 1. The third-order valence-corrected chi connectivity index (χ3v) is 0.406. The van der Waals surface area contributed by atoms with Gasteiger partial charge in [-0.1, -0.05) is 0 Å². The van der Waals surface area contributed by atoms with Gasteiger partial charge in [-0.05, 0) is 0 Å². The summed E-state index contributed by atoms with van der Waals surface area (Å²) in [5.41, 5.74) is 0. The number of rotatable bonds is 0. The van der Waals surface area contributed by atoms with E-state index >= 15 is 0 Å². The maximum Gasteiger partial charge on any atom is 1.00 e. The minimum Gasteiger partial charge on any atom is -0.351 e. The van der Waals surface area contributed by atoms with E-state index in [4.69, 9.17) is 0 Å². The summed E-state index contributed by atoms with van der Waals surface area (Å²) in [6.45, 7) is 0. The Morgan fingerprint density at radius 1 is 1.67 bits per heavy atom. The highest BCUT2D eigenvalue weighted by molar-refractivity contribution is 8.93. The summed E-state index contributed by atoms with van der Waals surface area (Å²) in [7, 11) is 0. The van der Waals surface area contributed by atoms with Crippen molar-refractivity contribution in [3.8, 4) is 0 Å². The highest BCUT2D eigenvalue weighted by atomic mass is 79.9. The standard InChI is InChI=1S/C3H4N2.BrH/c1-2-5-3-4-1;/h1-3H,(H,4,5);1H/p+1. The number of nitrogens with zero attached hydrogens (tertiary/aromatic N) is 1. The molecule has 0 amide bonds. The van der Waals surface area contributed by atoms with Crippen LogP contribution in [-0.2, 0) is 0 Å². The number of H-pyrrole nitrogens is 1. The highest BCUT2D eigenvalue weighted by Gasteiger charge is 1.56. The molecule has 0 aromatic carbocycles. The van der Waals surface area contributed by atoms with Gasteiger partial charge in [-0.2, -0.15) is 0 Å². The molecule has 1 aromatic heterocycles. The SMILES string of the molecule is Br.[H+].c1c[nH]cn1. The summed E-state index contributed by atoms with van der Waals surface area (Å²) in [5.74, 6) is 0. The van der Waals surface area contributed by atoms with Crippen molar-refractivity contribution in [1.29, 1.82) is 0 Å². The minimum absolute atomic E-state index is 0. The number of imidazole rings is 1. The Morgan fingerprint density at radius 3 is 2.67 bits per heavy atom. The van der Waals surface area contributed by atoms with E-state index in [1.54, 1.807) is 18.7 Å². The molecule has 34 valence electrons. The lowest BCUT2D eigenvalue weighted by atomic mass is 11.0. The van der Waals surface area contributed by atoms with Gasteiger partial charge in [0, 0.05) is 12.4 Å². The van der Waals surface area contributed by atoms with Gasteiger partial charge in [0.05, 0.1) is 6.33 Å². The Bertz CT molecular complexity index is 69.4. The molecular weight excluding hydrogens is 144 g/mol. The number of halogens is 1. The first kappa shape index (κ1) is 5.69. The monoisotopic (exact) mass is 149 g/mol. The maximum atomic E-state index is 3.67. The van der Waals surface area contributed by atoms with Crippen LogP contribution in [0.1, 0.15) is 1.43 Å². The third kappa shape index (κ3) is 1.21. The van der Waals surface area contributed by atoms with E-state index in [1.807, 2.05) is 0 Å². The Hall–Kier alpha value is -0.310. The van der Waals surface area contributed by atoms with Crippen molar-refractivity contribution in [1.82, 2.24) is 9.97 Å². The van der Waals surface area contributed by atoms with E-state index in [2.05, 4.69) is 9.97 Å². The molecule has 0 aliphatic rings. The van der Waals surface area contributed by atoms with Crippen molar-refractivity contribution in [2.75, 3.05) is 0 Å². The summed E-state index contributed by atoms with van der Waals surface area (Å²) < 4.78 is 0. The number of hydrogen-bond donors (Lipinski definition) is 1. The van der Waals surface area contributed by atoms with Gasteiger partial charge in [-0.3, -0.25) is 0 Å². The predicted molar refractivity (Wildman–Crippen MR) is 30.0 cm³/mol. The summed E-state index contributed by atoms with van der Waals surface area (Å²) in [6.07, 6.45) is 5.08. The van der Waals surface area contributed by atoms with Gasteiger partial charge in [-0.25, -0.2) is 4.98 Å². The summed E-state index contributed by atoms with van der Waals surface area (Å²) in [6, 6.07) is 0. The van der Waals surface area contributed by atoms with Gasteiger partial charge < -0.3 is 4.98 Å². The first-order chi connectivity index (χ1) is 2.50. The van der Waals surface area contributed by atoms with Gasteiger partial charge in [0.15, 0.2) is 0 Å². The van der Waals surface area contributed by atoms with E-state index < -0.39 is 0 Å². The lowest BCUT2D eigenvalue weighted by molar-refractivity contribution is 1.31. The largest absolute Gasteiger partial charge is 1.00 e. The van der Waals surface area contributed by atoms with Gasteiger partial charge in [-0.15, -0.1) is 17.0 Å². The Balaban J connectivity index is 0. The van der Waals surface area contributed by atoms with Crippen molar-refractivity contribution >= 4 is 17.0 Å². The van der Waals surface area contributed by atoms with Crippen LogP contribution in [0, 0.1) is 0 Å². The topological polar surface area (TPSA) is 28.7 Å². The minimum atomic E-state index is 0. The summed E-state index contributed by atoms with van der Waals surface area (Å²) >= 11 is 0. The molecule has 1 N–H and O–H groups in total. The van der Waals surface area contributed by atoms with Gasteiger partial charge >= 0.3 is 1.43 Å². The molecule has 3 heteroatoms. The van der Waals surface area contributed by atoms with E-state index in [-0.39, 0.29) is 18.4 Å². The number of nitrogens with one attached hydrogen (secondary N) is 1. The first-order valence-electron chi connectivity index (χ1n) is 1.43. The zero-order valence-corrected chi connectivity index (χ0v) is 4.80. The predicted octanol–water partition coefficient (Wildman–Crippen LogP) is 1.10. The van der Waals surface area contributed by atoms with Gasteiger partial charge in [0.2, 0.25) is 0 Å². The van der Waals surface area contributed by atoms with Crippen LogP contribution in [0.2, 0.25) is 0 Å². The molecule has 1 rings (SSSR count). The second kappa shape index (κ2) is 2.90. The average molecular weight is 150 g/mol. The average Bonchev–Trinajstić information content (AvgIpc) is 1.76. The molecule has 0 radical (unpaired) electrons. The van der Waals surface area contributed by atoms with Gasteiger partial charge in [0.25, 0.3) is 0 Å². The molecule has 0 aliphatic carbocycles. The first-order valence-corrected chi connectivity index (χ1v) is 1.43. The molecule has 0 saturated heterocycles. The van der Waals surface area contributed by atoms with Crippen molar-refractivity contribution in [3.05, 3.63) is 18.7 Å². The molecule has 0 fully saturated rings. The number of hydrogen-bond acceptors (Lipinski definition) is 1. The second-order valence-electron chi connectivity index (χ2n) is 0.761. The van der Waals surface area contributed by atoms with Crippen molar-refractivity contribution < 1.29 is 1.43 Å². The molecule has 0 aliphatic heterocycles. The van der Waals surface area contributed by atoms with E-state index in [1.165, 1.54) is 0 Å². The van der Waals surface area contributed by atoms with Crippen LogP contribution in [0.15, 0.2) is 18.7 Å². The van der Waals surface area contributed by atoms with E-state index in [0.29, 0.717) is 0 Å². The van der Waals surface area contributed by atoms with E-state index in [9.17, 15) is 0 Å². The Morgan fingerprint density at radius 2 is 2.50 bits per heavy atom. The molecule has 0 atom stereocenters. The van der Waals surface area contributed by atoms with Crippen LogP contribution < -0.4 is 0 Å². The van der Waals surface area contributed by atoms with E-state index in [0.717, 1.165) is 0 Å². The molecule has 6 heavy (non-hydrogen) atoms. The van der Waals surface area contributed by atoms with Crippen molar-refractivity contribution in [2.24, 2.45) is 0 Å². The fourth-order valence-electron chi connectivity index (χ4n) is 0.215. The molecule has 0 spiro atoms. The Kier molecular flexibility index (Phi) is 2.75. The van der Waals surface area contributed by atoms with Crippen LogP contribution in [-0.4, -0.2) is 9.97 Å². The zero-order chi connectivity index (χ0) is 3.54. The molecule has 0 saturated carbocycles. The molecule has 0 unspecified atom stereocenters. The van der Waals surface area contributed by atoms with Gasteiger partial charge in [0.1, 0.15) is 0 Å². The molecule has 0 bridgehead atoms. The van der Waals surface area contributed by atoms with Crippen molar-refractivity contribution in [3.63, 3.8) is 0 Å². The van der Waals surface area contributed by atoms with Crippen LogP contribution in [0.25, 0.3) is 0 Å². The van der Waals surface area contributed by atoms with Crippen LogP contribution in [0.5, 0.6) is 0 Å².